The molecule has 4 rings (SSSR count). The summed E-state index contributed by atoms with van der Waals surface area (Å²) >= 11 is 0. The van der Waals surface area contributed by atoms with Gasteiger partial charge >= 0.3 is 0 Å². The molecule has 1 aromatic carbocycles. The first-order chi connectivity index (χ1) is 10.2. The van der Waals surface area contributed by atoms with Crippen LogP contribution in [0.1, 0.15) is 37.7 Å². The van der Waals surface area contributed by atoms with Gasteiger partial charge in [-0.2, -0.15) is 0 Å². The lowest BCUT2D eigenvalue weighted by Crippen LogP contribution is -2.39. The summed E-state index contributed by atoms with van der Waals surface area (Å²) in [5.74, 6) is 0.0996. The Morgan fingerprint density at radius 1 is 1.33 bits per heavy atom. The second-order valence-electron chi connectivity index (χ2n) is 6.74. The third-order valence-electron chi connectivity index (χ3n) is 5.51. The number of carbonyl (C=O) groups excluding carboxylic acids is 1. The van der Waals surface area contributed by atoms with E-state index in [2.05, 4.69) is 5.32 Å². The predicted octanol–water partition coefficient (Wildman–Crippen LogP) is 2.59. The lowest BCUT2D eigenvalue weighted by atomic mass is 9.80. The number of nitrogens with zero attached hydrogens (tertiary/aromatic N) is 1. The SMILES string of the molecule is O=C(C1CCNC1)N1CC2(CCCC2)c2c(F)cccc21. The molecule has 0 radical (unpaired) electrons. The molecular weight excluding hydrogens is 267 g/mol. The molecule has 2 fully saturated rings. The molecule has 1 amide bonds. The molecule has 2 heterocycles. The summed E-state index contributed by atoms with van der Waals surface area (Å²) in [6.07, 6.45) is 5.19. The molecule has 1 N–H and O–H groups in total. The number of amides is 1. The van der Waals surface area contributed by atoms with Crippen LogP contribution in [0.4, 0.5) is 10.1 Å². The standard InChI is InChI=1S/C17H21FN2O/c18-13-4-3-5-14-15(13)17(7-1-2-8-17)11-20(14)16(21)12-6-9-19-10-12/h3-5,12,19H,1-2,6-11H2. The largest absolute Gasteiger partial charge is 0.316 e. The second kappa shape index (κ2) is 4.80. The van der Waals surface area contributed by atoms with Crippen LogP contribution in [0.2, 0.25) is 0 Å². The van der Waals surface area contributed by atoms with Crippen molar-refractivity contribution in [3.8, 4) is 0 Å². The van der Waals surface area contributed by atoms with E-state index >= 15 is 0 Å². The lowest BCUT2D eigenvalue weighted by Gasteiger charge is -2.26. The van der Waals surface area contributed by atoms with Crippen LogP contribution in [0.5, 0.6) is 0 Å². The van der Waals surface area contributed by atoms with E-state index in [1.807, 2.05) is 11.0 Å². The van der Waals surface area contributed by atoms with Gasteiger partial charge in [0.25, 0.3) is 0 Å². The average Bonchev–Trinajstić information content (AvgIpc) is 3.21. The maximum absolute atomic E-state index is 14.5. The molecular formula is C17H21FN2O. The molecule has 3 nitrogen and oxygen atoms in total. The topological polar surface area (TPSA) is 32.3 Å². The number of nitrogens with one attached hydrogen (secondary N) is 1. The molecule has 1 saturated heterocycles. The van der Waals surface area contributed by atoms with Crippen molar-refractivity contribution >= 4 is 11.6 Å². The van der Waals surface area contributed by atoms with Gasteiger partial charge in [-0.15, -0.1) is 0 Å². The van der Waals surface area contributed by atoms with Crippen LogP contribution in [0.15, 0.2) is 18.2 Å². The van der Waals surface area contributed by atoms with Crippen LogP contribution in [0, 0.1) is 11.7 Å². The van der Waals surface area contributed by atoms with Gasteiger partial charge in [-0.3, -0.25) is 4.79 Å². The molecule has 1 aromatic rings. The number of fused-ring (bicyclic) bond motifs is 2. The monoisotopic (exact) mass is 288 g/mol. The Morgan fingerprint density at radius 3 is 2.86 bits per heavy atom. The fourth-order valence-electron chi connectivity index (χ4n) is 4.47. The smallest absolute Gasteiger partial charge is 0.231 e. The molecule has 1 saturated carbocycles. The maximum atomic E-state index is 14.5. The van der Waals surface area contributed by atoms with Gasteiger partial charge < -0.3 is 10.2 Å². The Bertz CT molecular complexity index is 574. The van der Waals surface area contributed by atoms with Crippen molar-refractivity contribution in [2.75, 3.05) is 24.5 Å². The Kier molecular flexibility index (Phi) is 3.03. The fraction of sp³-hybridized carbons (Fsp3) is 0.588. The number of anilines is 1. The highest BCUT2D eigenvalue weighted by Gasteiger charge is 2.48. The van der Waals surface area contributed by atoms with Crippen molar-refractivity contribution in [2.45, 2.75) is 37.5 Å². The first kappa shape index (κ1) is 13.3. The van der Waals surface area contributed by atoms with Gasteiger partial charge in [-0.1, -0.05) is 18.9 Å². The molecule has 0 aromatic heterocycles. The Labute approximate surface area is 124 Å². The molecule has 112 valence electrons. The lowest BCUT2D eigenvalue weighted by molar-refractivity contribution is -0.121. The summed E-state index contributed by atoms with van der Waals surface area (Å²) in [6, 6.07) is 5.20. The molecule has 2 aliphatic heterocycles. The first-order valence-electron chi connectivity index (χ1n) is 8.02. The van der Waals surface area contributed by atoms with Crippen LogP contribution in [-0.4, -0.2) is 25.5 Å². The van der Waals surface area contributed by atoms with Crippen molar-refractivity contribution in [3.63, 3.8) is 0 Å². The summed E-state index contributed by atoms with van der Waals surface area (Å²) in [5.41, 5.74) is 1.51. The van der Waals surface area contributed by atoms with Gasteiger partial charge in [0.2, 0.25) is 5.91 Å². The molecule has 1 spiro atoms. The average molecular weight is 288 g/mol. The predicted molar refractivity (Wildman–Crippen MR) is 79.9 cm³/mol. The quantitative estimate of drug-likeness (QED) is 0.861. The van der Waals surface area contributed by atoms with Gasteiger partial charge in [-0.25, -0.2) is 4.39 Å². The highest BCUT2D eigenvalue weighted by atomic mass is 19.1. The minimum atomic E-state index is -0.130. The highest BCUT2D eigenvalue weighted by Crippen LogP contribution is 2.51. The molecule has 1 aliphatic carbocycles. The molecule has 3 aliphatic rings. The molecule has 1 atom stereocenters. The van der Waals surface area contributed by atoms with Crippen molar-refractivity contribution in [2.24, 2.45) is 5.92 Å². The summed E-state index contributed by atoms with van der Waals surface area (Å²) in [5, 5.41) is 3.25. The summed E-state index contributed by atoms with van der Waals surface area (Å²) < 4.78 is 14.5. The number of benzene rings is 1. The van der Waals surface area contributed by atoms with Gasteiger partial charge in [0.1, 0.15) is 5.82 Å². The van der Waals surface area contributed by atoms with Gasteiger partial charge in [0.15, 0.2) is 0 Å². The van der Waals surface area contributed by atoms with E-state index in [0.717, 1.165) is 56.4 Å². The van der Waals surface area contributed by atoms with Crippen molar-refractivity contribution in [3.05, 3.63) is 29.6 Å². The van der Waals surface area contributed by atoms with Crippen LogP contribution >= 0.6 is 0 Å². The van der Waals surface area contributed by atoms with E-state index in [9.17, 15) is 9.18 Å². The number of halogens is 1. The first-order valence-corrected chi connectivity index (χ1v) is 8.02. The Morgan fingerprint density at radius 2 is 2.14 bits per heavy atom. The summed E-state index contributed by atoms with van der Waals surface area (Å²) in [4.78, 5) is 14.7. The maximum Gasteiger partial charge on any atom is 0.231 e. The van der Waals surface area contributed by atoms with E-state index in [1.165, 1.54) is 0 Å². The number of hydrogen-bond acceptors (Lipinski definition) is 2. The minimum Gasteiger partial charge on any atom is -0.316 e. The van der Waals surface area contributed by atoms with Crippen molar-refractivity contribution in [1.82, 2.24) is 5.32 Å². The van der Waals surface area contributed by atoms with E-state index in [4.69, 9.17) is 0 Å². The highest BCUT2D eigenvalue weighted by molar-refractivity contribution is 5.98. The van der Waals surface area contributed by atoms with Crippen molar-refractivity contribution < 1.29 is 9.18 Å². The third kappa shape index (κ3) is 1.92. The Hall–Kier alpha value is -1.42. The third-order valence-corrected chi connectivity index (χ3v) is 5.51. The zero-order valence-corrected chi connectivity index (χ0v) is 12.2. The normalized spacial score (nSPS) is 26.5. The van der Waals surface area contributed by atoms with Gasteiger partial charge in [0, 0.05) is 24.1 Å². The second-order valence-corrected chi connectivity index (χ2v) is 6.74. The van der Waals surface area contributed by atoms with E-state index in [1.54, 1.807) is 12.1 Å². The Balaban J connectivity index is 1.75. The molecule has 21 heavy (non-hydrogen) atoms. The molecule has 0 bridgehead atoms. The van der Waals surface area contributed by atoms with E-state index in [-0.39, 0.29) is 23.1 Å². The van der Waals surface area contributed by atoms with Gasteiger partial charge in [-0.05, 0) is 37.9 Å². The van der Waals surface area contributed by atoms with E-state index in [0.29, 0.717) is 6.54 Å². The number of carbonyl (C=O) groups is 1. The van der Waals surface area contributed by atoms with Crippen LogP contribution in [0.25, 0.3) is 0 Å². The summed E-state index contributed by atoms with van der Waals surface area (Å²) in [7, 11) is 0. The molecule has 4 heteroatoms. The van der Waals surface area contributed by atoms with E-state index < -0.39 is 0 Å². The number of rotatable bonds is 1. The molecule has 1 unspecified atom stereocenters. The number of hydrogen-bond donors (Lipinski definition) is 1. The zero-order valence-electron chi connectivity index (χ0n) is 12.2. The fourth-order valence-corrected chi connectivity index (χ4v) is 4.47. The van der Waals surface area contributed by atoms with Crippen molar-refractivity contribution in [1.29, 1.82) is 0 Å². The minimum absolute atomic E-state index is 0.0534. The van der Waals surface area contributed by atoms with Crippen LogP contribution in [0.3, 0.4) is 0 Å². The van der Waals surface area contributed by atoms with Crippen LogP contribution in [-0.2, 0) is 10.2 Å². The zero-order chi connectivity index (χ0) is 14.4. The summed E-state index contributed by atoms with van der Waals surface area (Å²) in [6.45, 7) is 2.34. The van der Waals surface area contributed by atoms with Crippen LogP contribution < -0.4 is 10.2 Å². The van der Waals surface area contributed by atoms with Gasteiger partial charge in [0.05, 0.1) is 11.6 Å².